The smallest absolute Gasteiger partial charge is 0.113 e. The van der Waals surface area contributed by atoms with Crippen molar-refractivity contribution in [2.75, 3.05) is 0 Å². The molecule has 0 bridgehead atoms. The van der Waals surface area contributed by atoms with Crippen LogP contribution in [0.5, 0.6) is 0 Å². The summed E-state index contributed by atoms with van der Waals surface area (Å²) in [5.74, 6) is 0. The van der Waals surface area contributed by atoms with E-state index in [1.54, 1.807) is 18.2 Å². The number of nitrogens with zero attached hydrogens (tertiary/aromatic N) is 3. The van der Waals surface area contributed by atoms with Gasteiger partial charge in [0.1, 0.15) is 11.0 Å². The van der Waals surface area contributed by atoms with Crippen molar-refractivity contribution in [1.82, 2.24) is 15.4 Å². The molecule has 0 aliphatic carbocycles. The standard InChI is InChI=1S/C7H6N4O/c12-8-4-5-1-2-6-7(3-5)10-11-9-6/h1-4,12H,(H,9,10,11)/b8-4+. The quantitative estimate of drug-likeness (QED) is 0.369. The van der Waals surface area contributed by atoms with Crippen LogP contribution >= 0.6 is 0 Å². The molecule has 5 nitrogen and oxygen atoms in total. The molecule has 5 heteroatoms. The highest BCUT2D eigenvalue weighted by molar-refractivity contribution is 5.86. The molecule has 0 unspecified atom stereocenters. The molecule has 2 rings (SSSR count). The molecule has 1 aromatic heterocycles. The highest BCUT2D eigenvalue weighted by atomic mass is 16.4. The molecule has 60 valence electrons. The summed E-state index contributed by atoms with van der Waals surface area (Å²) < 4.78 is 0. The van der Waals surface area contributed by atoms with E-state index in [-0.39, 0.29) is 0 Å². The third kappa shape index (κ3) is 1.01. The Hall–Kier alpha value is -1.91. The van der Waals surface area contributed by atoms with Crippen LogP contribution in [0.1, 0.15) is 5.56 Å². The predicted molar refractivity (Wildman–Crippen MR) is 43.3 cm³/mol. The molecule has 0 spiro atoms. The first-order valence-corrected chi connectivity index (χ1v) is 3.38. The molecule has 1 aromatic carbocycles. The van der Waals surface area contributed by atoms with Gasteiger partial charge in [0.2, 0.25) is 0 Å². The summed E-state index contributed by atoms with van der Waals surface area (Å²) in [7, 11) is 0. The zero-order chi connectivity index (χ0) is 8.39. The molecule has 2 N–H and O–H groups in total. The molecule has 0 atom stereocenters. The van der Waals surface area contributed by atoms with E-state index in [1.165, 1.54) is 6.21 Å². The van der Waals surface area contributed by atoms with Crippen molar-refractivity contribution in [3.8, 4) is 0 Å². The van der Waals surface area contributed by atoms with Gasteiger partial charge in [0, 0.05) is 0 Å². The van der Waals surface area contributed by atoms with Crippen LogP contribution in [0.3, 0.4) is 0 Å². The number of hydrogen-bond donors (Lipinski definition) is 2. The molecule has 0 saturated carbocycles. The summed E-state index contributed by atoms with van der Waals surface area (Å²) in [6.45, 7) is 0. The van der Waals surface area contributed by atoms with Crippen molar-refractivity contribution in [2.24, 2.45) is 5.16 Å². The van der Waals surface area contributed by atoms with E-state index in [9.17, 15) is 0 Å². The summed E-state index contributed by atoms with van der Waals surface area (Å²) in [5, 5.41) is 21.4. The summed E-state index contributed by atoms with van der Waals surface area (Å²) >= 11 is 0. The van der Waals surface area contributed by atoms with Crippen molar-refractivity contribution >= 4 is 17.2 Å². The second kappa shape index (κ2) is 2.61. The molecule has 0 radical (unpaired) electrons. The van der Waals surface area contributed by atoms with Crippen LogP contribution in [0, 0.1) is 0 Å². The zero-order valence-electron chi connectivity index (χ0n) is 6.10. The van der Waals surface area contributed by atoms with E-state index in [1.807, 2.05) is 0 Å². The summed E-state index contributed by atoms with van der Waals surface area (Å²) in [6, 6.07) is 5.37. The van der Waals surface area contributed by atoms with Crippen LogP contribution in [0.25, 0.3) is 11.0 Å². The molecular formula is C7H6N4O. The average molecular weight is 162 g/mol. The van der Waals surface area contributed by atoms with Crippen LogP contribution in [-0.2, 0) is 0 Å². The lowest BCUT2D eigenvalue weighted by atomic mass is 10.2. The first-order chi connectivity index (χ1) is 5.90. The third-order valence-electron chi connectivity index (χ3n) is 1.55. The second-order valence-corrected chi connectivity index (χ2v) is 2.32. The van der Waals surface area contributed by atoms with Crippen molar-refractivity contribution in [2.45, 2.75) is 0 Å². The average Bonchev–Trinajstić information content (AvgIpc) is 2.51. The lowest BCUT2D eigenvalue weighted by molar-refractivity contribution is 0.322. The zero-order valence-corrected chi connectivity index (χ0v) is 6.10. The minimum absolute atomic E-state index is 0.757. The third-order valence-corrected chi connectivity index (χ3v) is 1.55. The van der Waals surface area contributed by atoms with Crippen molar-refractivity contribution < 1.29 is 5.21 Å². The Labute approximate surface area is 67.7 Å². The van der Waals surface area contributed by atoms with Crippen LogP contribution < -0.4 is 0 Å². The fourth-order valence-electron chi connectivity index (χ4n) is 1.00. The fourth-order valence-corrected chi connectivity index (χ4v) is 1.00. The van der Waals surface area contributed by atoms with Gasteiger partial charge in [-0.3, -0.25) is 0 Å². The van der Waals surface area contributed by atoms with Gasteiger partial charge in [-0.15, -0.1) is 0 Å². The number of fused-ring (bicyclic) bond motifs is 1. The molecule has 1 heterocycles. The second-order valence-electron chi connectivity index (χ2n) is 2.32. The Morgan fingerprint density at radius 3 is 3.00 bits per heavy atom. The number of aromatic nitrogens is 3. The van der Waals surface area contributed by atoms with Gasteiger partial charge < -0.3 is 5.21 Å². The molecule has 0 amide bonds. The maximum Gasteiger partial charge on any atom is 0.113 e. The van der Waals surface area contributed by atoms with E-state index in [0.717, 1.165) is 16.6 Å². The Bertz CT molecular complexity index is 420. The van der Waals surface area contributed by atoms with Gasteiger partial charge in [0.25, 0.3) is 0 Å². The summed E-state index contributed by atoms with van der Waals surface area (Å²) in [6.07, 6.45) is 1.34. The number of benzene rings is 1. The summed E-state index contributed by atoms with van der Waals surface area (Å²) in [5.41, 5.74) is 2.34. The van der Waals surface area contributed by atoms with Crippen LogP contribution in [0.4, 0.5) is 0 Å². The molecule has 0 aliphatic rings. The van der Waals surface area contributed by atoms with Gasteiger partial charge in [-0.1, -0.05) is 11.2 Å². The van der Waals surface area contributed by atoms with E-state index in [4.69, 9.17) is 5.21 Å². The van der Waals surface area contributed by atoms with Gasteiger partial charge in [0.15, 0.2) is 0 Å². The number of aromatic amines is 1. The van der Waals surface area contributed by atoms with Gasteiger partial charge in [-0.2, -0.15) is 15.4 Å². The molecule has 2 aromatic rings. The molecule has 0 fully saturated rings. The van der Waals surface area contributed by atoms with Crippen molar-refractivity contribution in [3.63, 3.8) is 0 Å². The van der Waals surface area contributed by atoms with Crippen LogP contribution in [0.2, 0.25) is 0 Å². The monoisotopic (exact) mass is 162 g/mol. The molecule has 0 saturated heterocycles. The van der Waals surface area contributed by atoms with E-state index >= 15 is 0 Å². The topological polar surface area (TPSA) is 74.2 Å². The maximum atomic E-state index is 8.27. The molecule has 12 heavy (non-hydrogen) atoms. The lowest BCUT2D eigenvalue weighted by Crippen LogP contribution is -1.80. The van der Waals surface area contributed by atoms with Gasteiger partial charge >= 0.3 is 0 Å². The van der Waals surface area contributed by atoms with Crippen molar-refractivity contribution in [1.29, 1.82) is 0 Å². The number of H-pyrrole nitrogens is 1. The van der Waals surface area contributed by atoms with Gasteiger partial charge in [0.05, 0.1) is 6.21 Å². The van der Waals surface area contributed by atoms with Crippen molar-refractivity contribution in [3.05, 3.63) is 23.8 Å². The number of hydrogen-bond acceptors (Lipinski definition) is 4. The Kier molecular flexibility index (Phi) is 1.48. The molecular weight excluding hydrogens is 156 g/mol. The number of nitrogens with one attached hydrogen (secondary N) is 1. The van der Waals surface area contributed by atoms with E-state index in [0.29, 0.717) is 0 Å². The largest absolute Gasteiger partial charge is 0.411 e. The Morgan fingerprint density at radius 1 is 1.33 bits per heavy atom. The van der Waals surface area contributed by atoms with Crippen LogP contribution in [0.15, 0.2) is 23.4 Å². The lowest BCUT2D eigenvalue weighted by Gasteiger charge is -1.88. The predicted octanol–water partition coefficient (Wildman–Crippen LogP) is 0.766. The highest BCUT2D eigenvalue weighted by Gasteiger charge is 1.96. The SMILES string of the molecule is O/N=C/c1ccc2n[nH]nc2c1. The number of oxime groups is 1. The van der Waals surface area contributed by atoms with Gasteiger partial charge in [-0.05, 0) is 17.7 Å². The minimum atomic E-state index is 0.757. The number of rotatable bonds is 1. The maximum absolute atomic E-state index is 8.27. The van der Waals surface area contributed by atoms with Crippen LogP contribution in [-0.4, -0.2) is 26.8 Å². The highest BCUT2D eigenvalue weighted by Crippen LogP contribution is 2.08. The molecule has 0 aliphatic heterocycles. The first-order valence-electron chi connectivity index (χ1n) is 3.38. The minimum Gasteiger partial charge on any atom is -0.411 e. The van der Waals surface area contributed by atoms with E-state index in [2.05, 4.69) is 20.6 Å². The normalized spacial score (nSPS) is 11.3. The first kappa shape index (κ1) is 6.78. The Balaban J connectivity index is 2.60. The van der Waals surface area contributed by atoms with Gasteiger partial charge in [-0.25, -0.2) is 0 Å². The Morgan fingerprint density at radius 2 is 2.17 bits per heavy atom. The van der Waals surface area contributed by atoms with E-state index < -0.39 is 0 Å². The summed E-state index contributed by atoms with van der Waals surface area (Å²) in [4.78, 5) is 0. The fraction of sp³-hybridized carbons (Fsp3) is 0.